The molecule has 29 heavy (non-hydrogen) atoms. The van der Waals surface area contributed by atoms with Gasteiger partial charge in [-0.1, -0.05) is 18.2 Å². The lowest BCUT2D eigenvalue weighted by atomic mass is 10.2. The van der Waals surface area contributed by atoms with E-state index in [1.54, 1.807) is 6.20 Å². The van der Waals surface area contributed by atoms with Gasteiger partial charge < -0.3 is 15.2 Å². The third-order valence-electron chi connectivity index (χ3n) is 4.64. The van der Waals surface area contributed by atoms with Crippen LogP contribution in [0, 0.1) is 13.8 Å². The van der Waals surface area contributed by atoms with Gasteiger partial charge in [-0.2, -0.15) is 0 Å². The SMILES string of the molecule is Cc1nc(NCCNC(=O)Cn2ccc3ccccc32)cc(-n2ccnc2C)n1. The summed E-state index contributed by atoms with van der Waals surface area (Å²) in [4.78, 5) is 25.4. The third kappa shape index (κ3) is 4.26. The number of imidazole rings is 1. The quantitative estimate of drug-likeness (QED) is 0.474. The van der Waals surface area contributed by atoms with Gasteiger partial charge in [0.1, 0.15) is 29.8 Å². The van der Waals surface area contributed by atoms with E-state index in [0.29, 0.717) is 31.3 Å². The first-order valence-electron chi connectivity index (χ1n) is 9.50. The summed E-state index contributed by atoms with van der Waals surface area (Å²) in [5.41, 5.74) is 1.06. The largest absolute Gasteiger partial charge is 0.368 e. The fraction of sp³-hybridized carbons (Fsp3) is 0.238. The summed E-state index contributed by atoms with van der Waals surface area (Å²) in [7, 11) is 0. The van der Waals surface area contributed by atoms with Crippen molar-refractivity contribution >= 4 is 22.6 Å². The first-order chi connectivity index (χ1) is 14.1. The third-order valence-corrected chi connectivity index (χ3v) is 4.64. The molecule has 1 amide bonds. The molecule has 0 spiro atoms. The van der Waals surface area contributed by atoms with Crippen molar-refractivity contribution in [3.8, 4) is 5.82 Å². The number of benzene rings is 1. The van der Waals surface area contributed by atoms with Crippen molar-refractivity contribution in [2.24, 2.45) is 0 Å². The molecule has 0 atom stereocenters. The number of nitrogens with zero attached hydrogens (tertiary/aromatic N) is 5. The minimum atomic E-state index is -0.0262. The topological polar surface area (TPSA) is 89.7 Å². The Morgan fingerprint density at radius 2 is 1.93 bits per heavy atom. The predicted molar refractivity (Wildman–Crippen MR) is 112 cm³/mol. The van der Waals surface area contributed by atoms with Gasteiger partial charge in [-0.05, 0) is 31.4 Å². The number of hydrogen-bond donors (Lipinski definition) is 2. The van der Waals surface area contributed by atoms with Crippen LogP contribution < -0.4 is 10.6 Å². The van der Waals surface area contributed by atoms with Crippen LogP contribution in [0.3, 0.4) is 0 Å². The van der Waals surface area contributed by atoms with E-state index in [2.05, 4.69) is 25.6 Å². The lowest BCUT2D eigenvalue weighted by molar-refractivity contribution is -0.121. The minimum Gasteiger partial charge on any atom is -0.368 e. The van der Waals surface area contributed by atoms with E-state index < -0.39 is 0 Å². The van der Waals surface area contributed by atoms with Crippen molar-refractivity contribution in [3.63, 3.8) is 0 Å². The first-order valence-corrected chi connectivity index (χ1v) is 9.50. The van der Waals surface area contributed by atoms with Crippen LogP contribution in [-0.4, -0.2) is 43.1 Å². The highest BCUT2D eigenvalue weighted by Crippen LogP contribution is 2.15. The molecule has 0 saturated heterocycles. The molecule has 0 aliphatic heterocycles. The van der Waals surface area contributed by atoms with Crippen LogP contribution >= 0.6 is 0 Å². The fourth-order valence-corrected chi connectivity index (χ4v) is 3.27. The van der Waals surface area contributed by atoms with Gasteiger partial charge >= 0.3 is 0 Å². The molecule has 4 rings (SSSR count). The molecule has 0 aliphatic carbocycles. The second kappa shape index (κ2) is 8.14. The summed E-state index contributed by atoms with van der Waals surface area (Å²) in [5, 5.41) is 7.32. The number of carbonyl (C=O) groups excluding carboxylic acids is 1. The van der Waals surface area contributed by atoms with Gasteiger partial charge in [-0.3, -0.25) is 9.36 Å². The van der Waals surface area contributed by atoms with Crippen LogP contribution in [0.25, 0.3) is 16.7 Å². The zero-order valence-corrected chi connectivity index (χ0v) is 16.5. The highest BCUT2D eigenvalue weighted by molar-refractivity contribution is 5.83. The summed E-state index contributed by atoms with van der Waals surface area (Å²) in [6.07, 6.45) is 5.54. The van der Waals surface area contributed by atoms with Crippen LogP contribution in [0.15, 0.2) is 55.0 Å². The molecule has 8 heteroatoms. The van der Waals surface area contributed by atoms with E-state index in [0.717, 1.165) is 22.5 Å². The number of aryl methyl sites for hydroxylation is 2. The maximum atomic E-state index is 12.3. The average Bonchev–Trinajstić information content (AvgIpc) is 3.31. The monoisotopic (exact) mass is 389 g/mol. The van der Waals surface area contributed by atoms with Crippen LogP contribution in [0.5, 0.6) is 0 Å². The zero-order valence-electron chi connectivity index (χ0n) is 16.5. The van der Waals surface area contributed by atoms with Crippen LogP contribution in [0.4, 0.5) is 5.82 Å². The number of carbonyl (C=O) groups is 1. The van der Waals surface area contributed by atoms with Gasteiger partial charge in [0.2, 0.25) is 5.91 Å². The highest BCUT2D eigenvalue weighted by Gasteiger charge is 2.07. The Morgan fingerprint density at radius 1 is 1.07 bits per heavy atom. The normalized spacial score (nSPS) is 11.0. The Kier molecular flexibility index (Phi) is 5.24. The molecule has 8 nitrogen and oxygen atoms in total. The van der Waals surface area contributed by atoms with E-state index in [4.69, 9.17) is 0 Å². The molecule has 0 saturated carbocycles. The highest BCUT2D eigenvalue weighted by atomic mass is 16.1. The molecule has 148 valence electrons. The summed E-state index contributed by atoms with van der Waals surface area (Å²) in [6, 6.07) is 11.9. The van der Waals surface area contributed by atoms with Gasteiger partial charge in [0.15, 0.2) is 0 Å². The molecular formula is C21H23N7O. The van der Waals surface area contributed by atoms with Crippen molar-refractivity contribution < 1.29 is 4.79 Å². The number of para-hydroxylation sites is 1. The van der Waals surface area contributed by atoms with Crippen molar-refractivity contribution in [2.75, 3.05) is 18.4 Å². The molecule has 0 radical (unpaired) electrons. The predicted octanol–water partition coefficient (Wildman–Crippen LogP) is 2.46. The molecule has 0 bridgehead atoms. The van der Waals surface area contributed by atoms with E-state index >= 15 is 0 Å². The van der Waals surface area contributed by atoms with Crippen LogP contribution in [0.2, 0.25) is 0 Å². The Morgan fingerprint density at radius 3 is 2.76 bits per heavy atom. The molecule has 1 aromatic carbocycles. The maximum Gasteiger partial charge on any atom is 0.240 e. The number of hydrogen-bond acceptors (Lipinski definition) is 5. The van der Waals surface area contributed by atoms with Gasteiger partial charge in [-0.25, -0.2) is 15.0 Å². The maximum absolute atomic E-state index is 12.3. The second-order valence-electron chi connectivity index (χ2n) is 6.78. The van der Waals surface area contributed by atoms with Crippen LogP contribution in [0.1, 0.15) is 11.6 Å². The second-order valence-corrected chi connectivity index (χ2v) is 6.78. The van der Waals surface area contributed by atoms with Crippen LogP contribution in [-0.2, 0) is 11.3 Å². The summed E-state index contributed by atoms with van der Waals surface area (Å²) in [6.45, 7) is 5.14. The fourth-order valence-electron chi connectivity index (χ4n) is 3.27. The average molecular weight is 389 g/mol. The zero-order chi connectivity index (χ0) is 20.2. The molecular weight excluding hydrogens is 366 g/mol. The van der Waals surface area contributed by atoms with E-state index in [9.17, 15) is 4.79 Å². The standard InChI is InChI=1S/C21H23N7O/c1-15-25-19(13-20(26-15)28-12-10-22-16(28)2)23-8-9-24-21(29)14-27-11-7-17-5-3-4-6-18(17)27/h3-7,10-13H,8-9,14H2,1-2H3,(H,24,29)(H,23,25,26). The van der Waals surface area contributed by atoms with Crippen molar-refractivity contribution in [1.82, 2.24) is 29.4 Å². The Balaban J connectivity index is 1.31. The van der Waals surface area contributed by atoms with Gasteiger partial charge in [0.05, 0.1) is 0 Å². The molecule has 0 fully saturated rings. The number of aromatic nitrogens is 5. The molecule has 0 aliphatic rings. The van der Waals surface area contributed by atoms with Gasteiger partial charge in [-0.15, -0.1) is 0 Å². The molecule has 3 aromatic heterocycles. The van der Waals surface area contributed by atoms with Gasteiger partial charge in [0, 0.05) is 43.3 Å². The van der Waals surface area contributed by atoms with Crippen molar-refractivity contribution in [1.29, 1.82) is 0 Å². The summed E-state index contributed by atoms with van der Waals surface area (Å²) >= 11 is 0. The first kappa shape index (κ1) is 18.7. The number of fused-ring (bicyclic) bond motifs is 1. The molecule has 4 aromatic rings. The molecule has 3 heterocycles. The Bertz CT molecular complexity index is 1140. The lowest BCUT2D eigenvalue weighted by Crippen LogP contribution is -2.31. The van der Waals surface area contributed by atoms with E-state index in [1.165, 1.54) is 0 Å². The van der Waals surface area contributed by atoms with Crippen molar-refractivity contribution in [3.05, 3.63) is 66.6 Å². The smallest absolute Gasteiger partial charge is 0.240 e. The van der Waals surface area contributed by atoms with E-state index in [-0.39, 0.29) is 5.91 Å². The number of nitrogens with one attached hydrogen (secondary N) is 2. The molecule has 0 unspecified atom stereocenters. The number of amides is 1. The van der Waals surface area contributed by atoms with E-state index in [1.807, 2.05) is 71.8 Å². The number of anilines is 1. The Hall–Kier alpha value is -3.68. The van der Waals surface area contributed by atoms with Crippen molar-refractivity contribution in [2.45, 2.75) is 20.4 Å². The molecule has 2 N–H and O–H groups in total. The van der Waals surface area contributed by atoms with Gasteiger partial charge in [0.25, 0.3) is 0 Å². The lowest BCUT2D eigenvalue weighted by Gasteiger charge is -2.11. The summed E-state index contributed by atoms with van der Waals surface area (Å²) in [5.74, 6) is 2.98. The summed E-state index contributed by atoms with van der Waals surface area (Å²) < 4.78 is 3.86. The minimum absolute atomic E-state index is 0.0262. The number of rotatable bonds is 7. The Labute approximate surface area is 168 Å².